The number of nitrogens with zero attached hydrogens (tertiary/aromatic N) is 1. The number of nitrogens with one attached hydrogen (secondary N) is 2. The number of phenols is 1. The van der Waals surface area contributed by atoms with Gasteiger partial charge in [-0.05, 0) is 43.0 Å². The van der Waals surface area contributed by atoms with Crippen molar-refractivity contribution in [3.8, 4) is 11.5 Å². The average Bonchev–Trinajstić information content (AvgIpc) is 2.96. The second-order valence-corrected chi connectivity index (χ2v) is 8.26. The third-order valence-corrected chi connectivity index (χ3v) is 6.13. The van der Waals surface area contributed by atoms with Crippen molar-refractivity contribution in [2.75, 3.05) is 24.4 Å². The molecule has 2 aromatic rings. The van der Waals surface area contributed by atoms with Crippen molar-refractivity contribution >= 4 is 28.8 Å². The van der Waals surface area contributed by atoms with Gasteiger partial charge in [0, 0.05) is 17.3 Å². The van der Waals surface area contributed by atoms with Crippen LogP contribution >= 0.6 is 0 Å². The molecule has 0 fully saturated rings. The predicted octanol–water partition coefficient (Wildman–Crippen LogP) is 3.93. The summed E-state index contributed by atoms with van der Waals surface area (Å²) in [4.78, 5) is 37.1. The Balaban J connectivity index is 1.94. The monoisotopic (exact) mass is 467 g/mol. The van der Waals surface area contributed by atoms with Gasteiger partial charge in [-0.15, -0.1) is 0 Å². The number of para-hydroxylation sites is 2. The number of carbonyl (C=O) groups is 2. The van der Waals surface area contributed by atoms with Crippen LogP contribution in [0.2, 0.25) is 0 Å². The lowest BCUT2D eigenvalue weighted by atomic mass is 9.74. The molecule has 0 aromatic heterocycles. The maximum Gasteiger partial charge on any atom is 0.316 e. The first-order valence-electron chi connectivity index (χ1n) is 10.9. The number of hydrogen-bond acceptors (Lipinski definition) is 9. The highest BCUT2D eigenvalue weighted by Gasteiger charge is 2.44. The van der Waals surface area contributed by atoms with Crippen LogP contribution in [0.3, 0.4) is 0 Å². The number of anilines is 2. The van der Waals surface area contributed by atoms with E-state index < -0.39 is 40.1 Å². The Kier molecular flexibility index (Phi) is 6.14. The normalized spacial score (nSPS) is 21.4. The number of Topliss-reactive ketones (excluding diaryl/α,β-unsaturated/α-hetero) is 1. The molecule has 2 aliphatic rings. The van der Waals surface area contributed by atoms with Crippen LogP contribution in [0.1, 0.15) is 31.9 Å². The Morgan fingerprint density at radius 2 is 1.97 bits per heavy atom. The van der Waals surface area contributed by atoms with Crippen LogP contribution in [0.5, 0.6) is 11.5 Å². The zero-order valence-electron chi connectivity index (χ0n) is 19.0. The van der Waals surface area contributed by atoms with Gasteiger partial charge in [0.1, 0.15) is 5.92 Å². The average molecular weight is 467 g/mol. The molecule has 0 spiro atoms. The van der Waals surface area contributed by atoms with Crippen molar-refractivity contribution in [1.82, 2.24) is 0 Å². The van der Waals surface area contributed by atoms with E-state index in [1.807, 2.05) is 31.2 Å². The van der Waals surface area contributed by atoms with E-state index in [0.717, 1.165) is 5.69 Å². The highest BCUT2D eigenvalue weighted by molar-refractivity contribution is 6.11. The van der Waals surface area contributed by atoms with E-state index in [4.69, 9.17) is 9.47 Å². The summed E-state index contributed by atoms with van der Waals surface area (Å²) in [6.07, 6.45) is 0.395. The van der Waals surface area contributed by atoms with Crippen LogP contribution in [0.25, 0.3) is 0 Å². The van der Waals surface area contributed by atoms with Gasteiger partial charge in [-0.2, -0.15) is 0 Å². The number of aromatic hydroxyl groups is 1. The van der Waals surface area contributed by atoms with Crippen LogP contribution in [0.4, 0.5) is 17.1 Å². The first kappa shape index (κ1) is 23.1. The lowest BCUT2D eigenvalue weighted by molar-refractivity contribution is -0.386. The molecular weight excluding hydrogens is 442 g/mol. The highest BCUT2D eigenvalue weighted by Crippen LogP contribution is 2.46. The lowest BCUT2D eigenvalue weighted by Gasteiger charge is -2.32. The number of benzene rings is 2. The van der Waals surface area contributed by atoms with Crippen molar-refractivity contribution in [3.05, 3.63) is 63.3 Å². The van der Waals surface area contributed by atoms with Gasteiger partial charge in [0.15, 0.2) is 11.5 Å². The van der Waals surface area contributed by atoms with Crippen molar-refractivity contribution in [2.45, 2.75) is 26.3 Å². The Bertz CT molecular complexity index is 1210. The molecule has 178 valence electrons. The first-order chi connectivity index (χ1) is 16.3. The number of ether oxygens (including phenoxy) is 2. The fourth-order valence-corrected chi connectivity index (χ4v) is 4.57. The van der Waals surface area contributed by atoms with Crippen LogP contribution in [0.15, 0.2) is 47.7 Å². The Morgan fingerprint density at radius 1 is 1.26 bits per heavy atom. The number of nitro benzene ring substituents is 1. The highest BCUT2D eigenvalue weighted by atomic mass is 16.6. The Labute approximate surface area is 195 Å². The molecule has 2 aromatic carbocycles. The molecule has 3 atom stereocenters. The van der Waals surface area contributed by atoms with Crippen LogP contribution in [-0.2, 0) is 14.3 Å². The van der Waals surface area contributed by atoms with Gasteiger partial charge in [0.2, 0.25) is 5.75 Å². The van der Waals surface area contributed by atoms with E-state index >= 15 is 0 Å². The Hall–Kier alpha value is -4.08. The van der Waals surface area contributed by atoms with Gasteiger partial charge >= 0.3 is 11.7 Å². The molecule has 10 heteroatoms. The van der Waals surface area contributed by atoms with Crippen molar-refractivity contribution in [2.24, 2.45) is 11.8 Å². The molecule has 0 saturated carbocycles. The summed E-state index contributed by atoms with van der Waals surface area (Å²) >= 11 is 0. The summed E-state index contributed by atoms with van der Waals surface area (Å²) < 4.78 is 10.3. The SMILES string of the molecule is CCOc1cc(C2Nc3ccccc3NC3=C2C(=O)C(C(=O)OC)C(C)C3)cc([N+](=O)[O-])c1O. The van der Waals surface area contributed by atoms with Crippen molar-refractivity contribution in [3.63, 3.8) is 0 Å². The van der Waals surface area contributed by atoms with Gasteiger partial charge in [-0.25, -0.2) is 0 Å². The zero-order valence-corrected chi connectivity index (χ0v) is 19.0. The zero-order chi connectivity index (χ0) is 24.6. The maximum absolute atomic E-state index is 13.7. The smallest absolute Gasteiger partial charge is 0.316 e. The molecule has 0 saturated heterocycles. The molecule has 34 heavy (non-hydrogen) atoms. The van der Waals surface area contributed by atoms with Gasteiger partial charge in [-0.3, -0.25) is 19.7 Å². The second kappa shape index (κ2) is 9.05. The third kappa shape index (κ3) is 3.91. The largest absolute Gasteiger partial charge is 0.500 e. The van der Waals surface area contributed by atoms with Gasteiger partial charge in [-0.1, -0.05) is 19.1 Å². The standard InChI is InChI=1S/C24H25N3O7/c1-4-34-18-11-13(10-17(22(18)28)27(31)32)21-20-16(25-14-7-5-6-8-15(14)26-21)9-12(2)19(23(20)29)24(30)33-3/h5-8,10-12,19,21,25-26,28H,4,9H2,1-3H3. The summed E-state index contributed by atoms with van der Waals surface area (Å²) in [7, 11) is 1.24. The molecule has 3 unspecified atom stereocenters. The number of methoxy groups -OCH3 is 1. The van der Waals surface area contributed by atoms with E-state index in [0.29, 0.717) is 23.4 Å². The minimum atomic E-state index is -1.01. The minimum Gasteiger partial charge on any atom is -0.500 e. The lowest BCUT2D eigenvalue weighted by Crippen LogP contribution is -2.39. The molecule has 1 aliphatic carbocycles. The van der Waals surface area contributed by atoms with E-state index in [1.54, 1.807) is 6.92 Å². The number of hydrogen-bond donors (Lipinski definition) is 3. The summed E-state index contributed by atoms with van der Waals surface area (Å²) in [6, 6.07) is 9.17. The molecule has 10 nitrogen and oxygen atoms in total. The molecular formula is C24H25N3O7. The number of esters is 1. The molecule has 4 rings (SSSR count). The number of ketones is 1. The molecule has 3 N–H and O–H groups in total. The first-order valence-corrected chi connectivity index (χ1v) is 10.9. The molecule has 0 radical (unpaired) electrons. The summed E-state index contributed by atoms with van der Waals surface area (Å²) in [5.74, 6) is -3.03. The van der Waals surface area contributed by atoms with Crippen molar-refractivity contribution in [1.29, 1.82) is 0 Å². The number of phenolic OH excluding ortho intramolecular Hbond substituents is 1. The third-order valence-electron chi connectivity index (χ3n) is 6.13. The van der Waals surface area contributed by atoms with Gasteiger partial charge in [0.05, 0.1) is 36.1 Å². The van der Waals surface area contributed by atoms with Crippen molar-refractivity contribution < 1.29 is 29.1 Å². The second-order valence-electron chi connectivity index (χ2n) is 8.26. The molecule has 1 heterocycles. The molecule has 1 aliphatic heterocycles. The number of rotatable bonds is 5. The van der Waals surface area contributed by atoms with Gasteiger partial charge < -0.3 is 25.2 Å². The minimum absolute atomic E-state index is 0.0673. The van der Waals surface area contributed by atoms with E-state index in [2.05, 4.69) is 10.6 Å². The predicted molar refractivity (Wildman–Crippen MR) is 124 cm³/mol. The number of nitro groups is 1. The summed E-state index contributed by atoms with van der Waals surface area (Å²) in [5.41, 5.74) is 2.10. The fraction of sp³-hybridized carbons (Fsp3) is 0.333. The molecule has 0 amide bonds. The summed E-state index contributed by atoms with van der Waals surface area (Å²) in [5, 5.41) is 28.6. The summed E-state index contributed by atoms with van der Waals surface area (Å²) in [6.45, 7) is 3.67. The van der Waals surface area contributed by atoms with E-state index in [1.165, 1.54) is 19.2 Å². The maximum atomic E-state index is 13.7. The fourth-order valence-electron chi connectivity index (χ4n) is 4.57. The van der Waals surface area contributed by atoms with E-state index in [9.17, 15) is 24.8 Å². The number of carbonyl (C=O) groups excluding carboxylic acids is 2. The topological polar surface area (TPSA) is 140 Å². The van der Waals surface area contributed by atoms with Crippen LogP contribution in [-0.4, -0.2) is 35.5 Å². The number of fused-ring (bicyclic) bond motifs is 1. The Morgan fingerprint density at radius 3 is 2.62 bits per heavy atom. The van der Waals surface area contributed by atoms with E-state index in [-0.39, 0.29) is 23.8 Å². The van der Waals surface area contributed by atoms with Crippen LogP contribution in [0, 0.1) is 22.0 Å². The number of allylic oxidation sites excluding steroid dienone is 1. The molecule has 0 bridgehead atoms. The van der Waals surface area contributed by atoms with Crippen LogP contribution < -0.4 is 15.4 Å². The van der Waals surface area contributed by atoms with Gasteiger partial charge in [0.25, 0.3) is 0 Å². The quantitative estimate of drug-likeness (QED) is 0.258.